The molecule has 0 aliphatic heterocycles. The van der Waals surface area contributed by atoms with Crippen molar-refractivity contribution in [3.05, 3.63) is 12.4 Å². The van der Waals surface area contributed by atoms with Crippen LogP contribution in [0.5, 0.6) is 0 Å². The molecular weight excluding hydrogens is 194 g/mol. The Hall–Kier alpha value is -0.480. The van der Waals surface area contributed by atoms with Crippen molar-refractivity contribution in [2.24, 2.45) is 18.7 Å². The van der Waals surface area contributed by atoms with E-state index >= 15 is 0 Å². The van der Waals surface area contributed by atoms with E-state index < -0.39 is 0 Å². The van der Waals surface area contributed by atoms with E-state index in [1.54, 1.807) is 11.8 Å². The molecule has 2 N–H and O–H groups in total. The Labute approximate surface area is 90.1 Å². The molecule has 3 nitrogen and oxygen atoms in total. The standard InChI is InChI=1S/C10H19N3S/c1-4-8(2)9(11)7-14-10-12-5-6-13(10)3/h5-6,8-9H,4,7,11H2,1-3H3/t8-,9-/m0/s1. The van der Waals surface area contributed by atoms with Gasteiger partial charge in [0.25, 0.3) is 0 Å². The first-order valence-electron chi connectivity index (χ1n) is 5.00. The summed E-state index contributed by atoms with van der Waals surface area (Å²) in [5.41, 5.74) is 6.04. The third-order valence-corrected chi connectivity index (χ3v) is 3.76. The fourth-order valence-corrected chi connectivity index (χ4v) is 2.20. The summed E-state index contributed by atoms with van der Waals surface area (Å²) in [6.45, 7) is 4.37. The molecule has 0 aliphatic carbocycles. The molecule has 0 saturated heterocycles. The summed E-state index contributed by atoms with van der Waals surface area (Å²) in [6, 6.07) is 0.265. The average Bonchev–Trinajstić information content (AvgIpc) is 2.59. The van der Waals surface area contributed by atoms with E-state index in [1.807, 2.05) is 24.0 Å². The van der Waals surface area contributed by atoms with Gasteiger partial charge in [0.2, 0.25) is 0 Å². The molecule has 2 atom stereocenters. The molecule has 0 aromatic carbocycles. The van der Waals surface area contributed by atoms with Crippen molar-refractivity contribution in [3.63, 3.8) is 0 Å². The molecule has 80 valence electrons. The summed E-state index contributed by atoms with van der Waals surface area (Å²) in [5, 5.41) is 1.05. The van der Waals surface area contributed by atoms with E-state index in [-0.39, 0.29) is 6.04 Å². The fraction of sp³-hybridized carbons (Fsp3) is 0.700. The highest BCUT2D eigenvalue weighted by Crippen LogP contribution is 2.18. The molecule has 0 spiro atoms. The average molecular weight is 213 g/mol. The Morgan fingerprint density at radius 3 is 2.86 bits per heavy atom. The molecule has 1 heterocycles. The fourth-order valence-electron chi connectivity index (χ4n) is 1.13. The molecule has 14 heavy (non-hydrogen) atoms. The lowest BCUT2D eigenvalue weighted by molar-refractivity contribution is 0.475. The van der Waals surface area contributed by atoms with Crippen LogP contribution in [0, 0.1) is 5.92 Å². The lowest BCUT2D eigenvalue weighted by Crippen LogP contribution is -2.30. The minimum atomic E-state index is 0.265. The Kier molecular flexibility index (Phi) is 4.48. The number of hydrogen-bond acceptors (Lipinski definition) is 3. The van der Waals surface area contributed by atoms with Gasteiger partial charge in [-0.2, -0.15) is 0 Å². The molecule has 0 aliphatic rings. The van der Waals surface area contributed by atoms with Crippen molar-refractivity contribution in [2.75, 3.05) is 5.75 Å². The van der Waals surface area contributed by atoms with Crippen LogP contribution in [-0.2, 0) is 7.05 Å². The summed E-state index contributed by atoms with van der Waals surface area (Å²) >= 11 is 1.73. The molecule has 1 rings (SSSR count). The first kappa shape index (κ1) is 11.6. The van der Waals surface area contributed by atoms with Crippen LogP contribution in [0.2, 0.25) is 0 Å². The molecule has 0 bridgehead atoms. The number of imidazole rings is 1. The van der Waals surface area contributed by atoms with Gasteiger partial charge in [-0.1, -0.05) is 32.0 Å². The van der Waals surface area contributed by atoms with Crippen molar-refractivity contribution in [3.8, 4) is 0 Å². The van der Waals surface area contributed by atoms with Crippen LogP contribution in [0.3, 0.4) is 0 Å². The van der Waals surface area contributed by atoms with Crippen molar-refractivity contribution in [1.29, 1.82) is 0 Å². The number of rotatable bonds is 5. The van der Waals surface area contributed by atoms with E-state index in [2.05, 4.69) is 18.8 Å². The van der Waals surface area contributed by atoms with Gasteiger partial charge < -0.3 is 10.3 Å². The number of nitrogens with two attached hydrogens (primary N) is 1. The van der Waals surface area contributed by atoms with Gasteiger partial charge in [0, 0.05) is 31.2 Å². The zero-order chi connectivity index (χ0) is 10.6. The smallest absolute Gasteiger partial charge is 0.167 e. The third-order valence-electron chi connectivity index (χ3n) is 2.56. The maximum Gasteiger partial charge on any atom is 0.167 e. The quantitative estimate of drug-likeness (QED) is 0.760. The summed E-state index contributed by atoms with van der Waals surface area (Å²) < 4.78 is 2.02. The summed E-state index contributed by atoms with van der Waals surface area (Å²) in [6.07, 6.45) is 4.91. The Morgan fingerprint density at radius 2 is 2.36 bits per heavy atom. The van der Waals surface area contributed by atoms with E-state index in [0.717, 1.165) is 17.3 Å². The molecular formula is C10H19N3S. The second-order valence-corrected chi connectivity index (χ2v) is 4.67. The predicted molar refractivity (Wildman–Crippen MR) is 61.4 cm³/mol. The van der Waals surface area contributed by atoms with E-state index in [9.17, 15) is 0 Å². The van der Waals surface area contributed by atoms with Crippen LogP contribution in [0.1, 0.15) is 20.3 Å². The number of hydrogen-bond donors (Lipinski definition) is 1. The molecule has 0 fully saturated rings. The van der Waals surface area contributed by atoms with Gasteiger partial charge in [0.05, 0.1) is 0 Å². The van der Waals surface area contributed by atoms with E-state index in [0.29, 0.717) is 5.92 Å². The largest absolute Gasteiger partial charge is 0.329 e. The number of nitrogens with zero attached hydrogens (tertiary/aromatic N) is 2. The van der Waals surface area contributed by atoms with E-state index in [4.69, 9.17) is 5.73 Å². The molecule has 0 unspecified atom stereocenters. The molecule has 0 radical (unpaired) electrons. The highest BCUT2D eigenvalue weighted by molar-refractivity contribution is 7.99. The summed E-state index contributed by atoms with van der Waals surface area (Å²) in [4.78, 5) is 4.24. The lowest BCUT2D eigenvalue weighted by atomic mass is 10.0. The van der Waals surface area contributed by atoms with Crippen LogP contribution < -0.4 is 5.73 Å². The van der Waals surface area contributed by atoms with Gasteiger partial charge in [-0.15, -0.1) is 0 Å². The molecule has 1 aromatic heterocycles. The number of aromatic nitrogens is 2. The minimum Gasteiger partial charge on any atom is -0.329 e. The molecule has 4 heteroatoms. The van der Waals surface area contributed by atoms with Crippen molar-refractivity contribution >= 4 is 11.8 Å². The monoisotopic (exact) mass is 213 g/mol. The summed E-state index contributed by atoms with van der Waals surface area (Å²) in [5.74, 6) is 1.53. The number of aryl methyl sites for hydroxylation is 1. The van der Waals surface area contributed by atoms with Gasteiger partial charge in [0.1, 0.15) is 0 Å². The van der Waals surface area contributed by atoms with Crippen LogP contribution >= 0.6 is 11.8 Å². The lowest BCUT2D eigenvalue weighted by Gasteiger charge is -2.17. The van der Waals surface area contributed by atoms with Crippen LogP contribution in [0.4, 0.5) is 0 Å². The van der Waals surface area contributed by atoms with Gasteiger partial charge in [0.15, 0.2) is 5.16 Å². The first-order valence-corrected chi connectivity index (χ1v) is 5.99. The topological polar surface area (TPSA) is 43.8 Å². The Bertz CT molecular complexity index is 272. The molecule has 0 amide bonds. The zero-order valence-corrected chi connectivity index (χ0v) is 9.92. The first-order chi connectivity index (χ1) is 6.65. The molecule has 1 aromatic rings. The summed E-state index contributed by atoms with van der Waals surface area (Å²) in [7, 11) is 2.00. The van der Waals surface area contributed by atoms with E-state index in [1.165, 1.54) is 0 Å². The van der Waals surface area contributed by atoms with Crippen molar-refractivity contribution in [2.45, 2.75) is 31.5 Å². The Morgan fingerprint density at radius 1 is 1.64 bits per heavy atom. The van der Waals surface area contributed by atoms with Gasteiger partial charge in [-0.25, -0.2) is 4.98 Å². The van der Waals surface area contributed by atoms with Gasteiger partial charge in [-0.3, -0.25) is 0 Å². The highest BCUT2D eigenvalue weighted by atomic mass is 32.2. The van der Waals surface area contributed by atoms with Gasteiger partial charge in [-0.05, 0) is 5.92 Å². The second kappa shape index (κ2) is 5.41. The zero-order valence-electron chi connectivity index (χ0n) is 9.10. The highest BCUT2D eigenvalue weighted by Gasteiger charge is 2.11. The van der Waals surface area contributed by atoms with Gasteiger partial charge >= 0.3 is 0 Å². The normalized spacial score (nSPS) is 15.4. The maximum atomic E-state index is 6.04. The maximum absolute atomic E-state index is 6.04. The Balaban J connectivity index is 2.37. The van der Waals surface area contributed by atoms with Crippen molar-refractivity contribution < 1.29 is 0 Å². The van der Waals surface area contributed by atoms with Crippen LogP contribution in [-0.4, -0.2) is 21.3 Å². The SMILES string of the molecule is CC[C@H](C)[C@@H](N)CSc1nccn1C. The third kappa shape index (κ3) is 3.03. The van der Waals surface area contributed by atoms with Crippen LogP contribution in [0.15, 0.2) is 17.6 Å². The van der Waals surface area contributed by atoms with Crippen LogP contribution in [0.25, 0.3) is 0 Å². The van der Waals surface area contributed by atoms with Crippen molar-refractivity contribution in [1.82, 2.24) is 9.55 Å². The number of thioether (sulfide) groups is 1. The second-order valence-electron chi connectivity index (χ2n) is 3.68. The minimum absolute atomic E-state index is 0.265. The molecule has 0 saturated carbocycles. The predicted octanol–water partition coefficient (Wildman–Crippen LogP) is 1.89.